The van der Waals surface area contributed by atoms with Crippen LogP contribution in [-0.4, -0.2) is 57.3 Å². The molecule has 0 radical (unpaired) electrons. The summed E-state index contributed by atoms with van der Waals surface area (Å²) in [5.74, 6) is 0.565. The number of hydrogen-bond acceptors (Lipinski definition) is 7. The number of carbonyl (C=O) groups is 1. The zero-order chi connectivity index (χ0) is 35.6. The predicted octanol–water partition coefficient (Wildman–Crippen LogP) is 6.72. The number of thioether (sulfide) groups is 1. The minimum absolute atomic E-state index is 0.0184. The maximum atomic E-state index is 12.9. The molecule has 2 aromatic rings. The number of rotatable bonds is 10. The lowest BCUT2D eigenvalue weighted by Gasteiger charge is -2.80. The number of fused-ring (bicyclic) bond motifs is 1. The van der Waals surface area contributed by atoms with Gasteiger partial charge >= 0.3 is 6.18 Å². The van der Waals surface area contributed by atoms with Crippen LogP contribution in [0.2, 0.25) is 0 Å². The largest absolute Gasteiger partial charge is 0.393 e. The number of carbonyl (C=O) groups excluding carboxylic acids is 1. The maximum absolute atomic E-state index is 12.9. The summed E-state index contributed by atoms with van der Waals surface area (Å²) in [6.45, 7) is 15.6. The molecule has 3 heterocycles. The number of aryl methyl sites for hydroxylation is 1. The molecule has 5 N–H and O–H groups in total. The summed E-state index contributed by atoms with van der Waals surface area (Å²) >= 11 is 0.891. The van der Waals surface area contributed by atoms with Crippen LogP contribution in [-0.2, 0) is 17.9 Å². The number of allylic oxidation sites excluding steroid dienone is 3. The van der Waals surface area contributed by atoms with Crippen molar-refractivity contribution >= 4 is 33.6 Å². The molecule has 8 nitrogen and oxygen atoms in total. The summed E-state index contributed by atoms with van der Waals surface area (Å²) in [6, 6.07) is 8.47. The van der Waals surface area contributed by atoms with E-state index in [1.807, 2.05) is 26.8 Å². The lowest BCUT2D eigenvalue weighted by atomic mass is 9.28. The Balaban J connectivity index is 1.09. The van der Waals surface area contributed by atoms with E-state index in [2.05, 4.69) is 59.1 Å². The van der Waals surface area contributed by atoms with Gasteiger partial charge in [-0.3, -0.25) is 15.1 Å². The number of nitrogens with zero attached hydrogens (tertiary/aromatic N) is 3. The van der Waals surface area contributed by atoms with E-state index in [0.29, 0.717) is 11.3 Å². The van der Waals surface area contributed by atoms with E-state index in [1.54, 1.807) is 0 Å². The highest BCUT2D eigenvalue weighted by Crippen LogP contribution is 2.75. The van der Waals surface area contributed by atoms with Crippen molar-refractivity contribution in [3.8, 4) is 6.07 Å². The van der Waals surface area contributed by atoms with Crippen molar-refractivity contribution in [1.29, 1.82) is 10.7 Å². The van der Waals surface area contributed by atoms with Gasteiger partial charge < -0.3 is 20.9 Å². The molecular weight excluding hydrogens is 648 g/mol. The average Bonchev–Trinajstić information content (AvgIpc) is 3.60. The Morgan fingerprint density at radius 2 is 1.90 bits per heavy atom. The Labute approximate surface area is 291 Å². The van der Waals surface area contributed by atoms with E-state index < -0.39 is 18.6 Å². The van der Waals surface area contributed by atoms with Crippen LogP contribution in [0, 0.1) is 46.8 Å². The molecule has 1 amide bonds. The number of hydrogen-bond donors (Lipinski definition) is 4. The number of amides is 1. The third kappa shape index (κ3) is 6.20. The van der Waals surface area contributed by atoms with Crippen LogP contribution in [0.25, 0.3) is 10.9 Å². The second kappa shape index (κ2) is 12.8. The monoisotopic (exact) mass is 695 g/mol. The number of halogens is 3. The second-order valence-electron chi connectivity index (χ2n) is 15.2. The lowest BCUT2D eigenvalue weighted by Crippen LogP contribution is -2.87. The van der Waals surface area contributed by atoms with Crippen molar-refractivity contribution in [2.24, 2.45) is 28.9 Å². The van der Waals surface area contributed by atoms with Gasteiger partial charge in [-0.1, -0.05) is 45.5 Å². The third-order valence-electron chi connectivity index (χ3n) is 12.3. The van der Waals surface area contributed by atoms with Crippen molar-refractivity contribution < 1.29 is 18.0 Å². The van der Waals surface area contributed by atoms with Gasteiger partial charge in [0.05, 0.1) is 12.5 Å². The number of piperidine rings is 1. The predicted molar refractivity (Wildman–Crippen MR) is 189 cm³/mol. The molecule has 1 aromatic heterocycles. The van der Waals surface area contributed by atoms with E-state index in [-0.39, 0.29) is 50.6 Å². The Hall–Kier alpha value is -3.27. The summed E-state index contributed by atoms with van der Waals surface area (Å²) in [7, 11) is 0. The molecule has 3 saturated carbocycles. The van der Waals surface area contributed by atoms with Gasteiger partial charge in [-0.15, -0.1) is 0 Å². The fourth-order valence-electron chi connectivity index (χ4n) is 8.90. The minimum atomic E-state index is -4.28. The first kappa shape index (κ1) is 35.6. The molecule has 264 valence electrons. The number of benzene rings is 1. The Morgan fingerprint density at radius 1 is 1.22 bits per heavy atom. The standard InChI is InChI=1S/C37H48F3N7OS/c1-20(2)32(42)34(48)45-36-18-35(23(36)5,24(36)6)19-47-27(16-41)13-29-21(3)25(7-8-31(29)47)17-46-11-9-26(10-12-46)44-22(4)30-14-28(49-33(30)43)15-37(38,39)40/h7-8,13-14,20,23-24,26,32,43-44H,9-12,15,17-19,42H2,1-6H3,(H,45,48)/b30-22+,43-33?. The first-order chi connectivity index (χ1) is 23.0. The van der Waals surface area contributed by atoms with Crippen LogP contribution in [0.3, 0.4) is 0 Å². The molecule has 2 aliphatic heterocycles. The fraction of sp³-hybridized carbons (Fsp3) is 0.595. The highest BCUT2D eigenvalue weighted by Gasteiger charge is 2.79. The van der Waals surface area contributed by atoms with E-state index in [9.17, 15) is 23.2 Å². The van der Waals surface area contributed by atoms with Gasteiger partial charge in [-0.2, -0.15) is 18.4 Å². The zero-order valence-corrected chi connectivity index (χ0v) is 30.0. The second-order valence-corrected chi connectivity index (χ2v) is 16.4. The van der Waals surface area contributed by atoms with Gasteiger partial charge in [-0.05, 0) is 80.2 Å². The summed E-state index contributed by atoms with van der Waals surface area (Å²) < 4.78 is 40.8. The number of likely N-dealkylation sites (tertiary alicyclic amines) is 1. The van der Waals surface area contributed by atoms with Crippen LogP contribution >= 0.6 is 11.8 Å². The summed E-state index contributed by atoms with van der Waals surface area (Å²) in [5, 5.41) is 26.4. The number of aromatic nitrogens is 1. The molecule has 2 bridgehead atoms. The SMILES string of the molecule is C/C(NC1CCN(Cc2ccc3c(cc(C#N)n3CC34CC(NC(=O)C(N)C(C)C)(C3C)C4C)c2C)CC1)=C1/C=C(CC(F)(F)F)SC1=N. The van der Waals surface area contributed by atoms with Gasteiger partial charge in [0.1, 0.15) is 16.8 Å². The van der Waals surface area contributed by atoms with Gasteiger partial charge in [0.2, 0.25) is 5.91 Å². The first-order valence-corrected chi connectivity index (χ1v) is 18.1. The van der Waals surface area contributed by atoms with Crippen molar-refractivity contribution in [1.82, 2.24) is 20.1 Å². The Kier molecular flexibility index (Phi) is 9.29. The highest BCUT2D eigenvalue weighted by atomic mass is 32.2. The van der Waals surface area contributed by atoms with E-state index in [4.69, 9.17) is 11.1 Å². The van der Waals surface area contributed by atoms with Gasteiger partial charge in [0.15, 0.2) is 0 Å². The molecule has 4 fully saturated rings. The number of nitrogens with one attached hydrogen (secondary N) is 3. The van der Waals surface area contributed by atoms with Crippen molar-refractivity contribution in [2.45, 2.75) is 104 Å². The van der Waals surface area contributed by atoms with E-state index in [1.165, 1.54) is 17.2 Å². The fourth-order valence-corrected chi connectivity index (χ4v) is 9.89. The number of alkyl halides is 3. The Bertz CT molecular complexity index is 1770. The lowest BCUT2D eigenvalue weighted by molar-refractivity contribution is -0.285. The Morgan fingerprint density at radius 3 is 2.49 bits per heavy atom. The average molecular weight is 696 g/mol. The first-order valence-electron chi connectivity index (χ1n) is 17.3. The third-order valence-corrected chi connectivity index (χ3v) is 13.2. The molecule has 3 atom stereocenters. The van der Waals surface area contributed by atoms with Crippen molar-refractivity contribution in [3.05, 3.63) is 57.3 Å². The summed E-state index contributed by atoms with van der Waals surface area (Å²) in [6.07, 6.45) is -1.11. The van der Waals surface area contributed by atoms with E-state index >= 15 is 0 Å². The molecule has 5 aliphatic rings. The normalized spacial score (nSPS) is 28.9. The van der Waals surface area contributed by atoms with Crippen LogP contribution in [0.4, 0.5) is 13.2 Å². The van der Waals surface area contributed by atoms with Gasteiger partial charge in [0.25, 0.3) is 0 Å². The van der Waals surface area contributed by atoms with Crippen molar-refractivity contribution in [3.63, 3.8) is 0 Å². The number of nitriles is 1. The highest BCUT2D eigenvalue weighted by molar-refractivity contribution is 8.18. The molecule has 1 aromatic carbocycles. The smallest absolute Gasteiger partial charge is 0.385 e. The van der Waals surface area contributed by atoms with Gasteiger partial charge in [-0.25, -0.2) is 0 Å². The van der Waals surface area contributed by atoms with Crippen LogP contribution in [0.1, 0.15) is 77.1 Å². The molecule has 3 unspecified atom stereocenters. The summed E-state index contributed by atoms with van der Waals surface area (Å²) in [5.41, 5.74) is 11.4. The summed E-state index contributed by atoms with van der Waals surface area (Å²) in [4.78, 5) is 15.4. The van der Waals surface area contributed by atoms with E-state index in [0.717, 1.165) is 73.8 Å². The molecule has 0 spiro atoms. The quantitative estimate of drug-likeness (QED) is 0.219. The zero-order valence-electron chi connectivity index (χ0n) is 29.2. The van der Waals surface area contributed by atoms with Crippen molar-refractivity contribution in [2.75, 3.05) is 13.1 Å². The molecule has 12 heteroatoms. The molecule has 7 rings (SSSR count). The maximum Gasteiger partial charge on any atom is 0.393 e. The van der Waals surface area contributed by atoms with Crippen LogP contribution in [0.15, 0.2) is 40.5 Å². The molecule has 1 saturated heterocycles. The van der Waals surface area contributed by atoms with Crippen LogP contribution < -0.4 is 16.4 Å². The van der Waals surface area contributed by atoms with Crippen LogP contribution in [0.5, 0.6) is 0 Å². The molecule has 3 aliphatic carbocycles. The minimum Gasteiger partial charge on any atom is -0.385 e. The topological polar surface area (TPSA) is 123 Å². The molecular formula is C37H48F3N7OS. The number of nitrogens with two attached hydrogens (primary N) is 1. The van der Waals surface area contributed by atoms with Gasteiger partial charge in [0, 0.05) is 70.3 Å². The molecule has 49 heavy (non-hydrogen) atoms.